The number of sulfonamides is 1. The zero-order valence-corrected chi connectivity index (χ0v) is 15.1. The molecule has 1 aromatic rings. The number of hydrogen-bond donors (Lipinski definition) is 1. The Balaban J connectivity index is 1.66. The first-order valence-electron chi connectivity index (χ1n) is 8.62. The highest BCUT2D eigenvalue weighted by Gasteiger charge is 2.33. The summed E-state index contributed by atoms with van der Waals surface area (Å²) in [6, 6.07) is 5.84. The summed E-state index contributed by atoms with van der Waals surface area (Å²) in [6.45, 7) is 1.43. The van der Waals surface area contributed by atoms with Crippen molar-refractivity contribution in [2.24, 2.45) is 0 Å². The van der Waals surface area contributed by atoms with Crippen LogP contribution in [0.2, 0.25) is 0 Å². The molecule has 2 saturated heterocycles. The molecule has 0 spiro atoms. The minimum atomic E-state index is -3.25. The molecule has 0 aromatic heterocycles. The van der Waals surface area contributed by atoms with Crippen molar-refractivity contribution < 1.29 is 17.6 Å². The molecule has 0 saturated carbocycles. The van der Waals surface area contributed by atoms with Crippen molar-refractivity contribution in [3.8, 4) is 0 Å². The van der Waals surface area contributed by atoms with Crippen molar-refractivity contribution in [3.63, 3.8) is 0 Å². The van der Waals surface area contributed by atoms with E-state index in [9.17, 15) is 17.6 Å². The van der Waals surface area contributed by atoms with E-state index in [1.807, 2.05) is 6.07 Å². The van der Waals surface area contributed by atoms with Gasteiger partial charge in [0, 0.05) is 25.7 Å². The number of likely N-dealkylation sites (tertiary alicyclic amines) is 1. The minimum Gasteiger partial charge on any atom is -0.334 e. The average molecular weight is 369 g/mol. The predicted molar refractivity (Wildman–Crippen MR) is 93.1 cm³/mol. The van der Waals surface area contributed by atoms with E-state index in [0.29, 0.717) is 19.6 Å². The highest BCUT2D eigenvalue weighted by Crippen LogP contribution is 2.32. The lowest BCUT2D eigenvalue weighted by Gasteiger charge is -2.33. The van der Waals surface area contributed by atoms with E-state index in [1.54, 1.807) is 11.0 Å². The highest BCUT2D eigenvalue weighted by atomic mass is 32.2. The molecule has 3 rings (SSSR count). The molecule has 0 bridgehead atoms. The van der Waals surface area contributed by atoms with Crippen LogP contribution in [0, 0.1) is 5.82 Å². The zero-order valence-electron chi connectivity index (χ0n) is 14.3. The first-order chi connectivity index (χ1) is 11.8. The van der Waals surface area contributed by atoms with Gasteiger partial charge in [0.05, 0.1) is 12.3 Å². The number of nitrogens with zero attached hydrogens (tertiary/aromatic N) is 2. The van der Waals surface area contributed by atoms with Crippen molar-refractivity contribution in [2.45, 2.75) is 37.8 Å². The highest BCUT2D eigenvalue weighted by molar-refractivity contribution is 7.88. The summed E-state index contributed by atoms with van der Waals surface area (Å²) in [5, 5.41) is 2.96. The van der Waals surface area contributed by atoms with Gasteiger partial charge in [-0.25, -0.2) is 21.9 Å². The number of hydrogen-bond acceptors (Lipinski definition) is 3. The lowest BCUT2D eigenvalue weighted by atomic mass is 10.0. The number of halogens is 1. The van der Waals surface area contributed by atoms with E-state index >= 15 is 0 Å². The Hall–Kier alpha value is -1.67. The molecule has 2 heterocycles. The molecule has 1 N–H and O–H groups in total. The first kappa shape index (κ1) is 18.1. The van der Waals surface area contributed by atoms with Gasteiger partial charge in [0.1, 0.15) is 5.82 Å². The molecule has 6 nitrogen and oxygen atoms in total. The van der Waals surface area contributed by atoms with Crippen LogP contribution in [0.15, 0.2) is 24.3 Å². The monoisotopic (exact) mass is 369 g/mol. The standard InChI is InChI=1S/C17H24FN3O3S/c1-25(23,24)20-9-3-7-15(12-20)19-17(22)21-10-4-8-16(21)13-5-2-6-14(18)11-13/h2,5-6,11,15-16H,3-4,7-10,12H2,1H3,(H,19,22). The number of amides is 2. The average Bonchev–Trinajstić information content (AvgIpc) is 3.04. The smallest absolute Gasteiger partial charge is 0.318 e. The van der Waals surface area contributed by atoms with E-state index in [2.05, 4.69) is 5.32 Å². The van der Waals surface area contributed by atoms with Crippen LogP contribution in [0.3, 0.4) is 0 Å². The van der Waals surface area contributed by atoms with E-state index in [4.69, 9.17) is 0 Å². The largest absolute Gasteiger partial charge is 0.334 e. The van der Waals surface area contributed by atoms with Crippen molar-refractivity contribution in [3.05, 3.63) is 35.6 Å². The van der Waals surface area contributed by atoms with Crippen molar-refractivity contribution in [1.29, 1.82) is 0 Å². The first-order valence-corrected chi connectivity index (χ1v) is 10.5. The second-order valence-electron chi connectivity index (χ2n) is 6.82. The Morgan fingerprint density at radius 1 is 1.24 bits per heavy atom. The van der Waals surface area contributed by atoms with Crippen LogP contribution in [0.1, 0.15) is 37.3 Å². The fraction of sp³-hybridized carbons (Fsp3) is 0.588. The number of piperidine rings is 1. The van der Waals surface area contributed by atoms with Gasteiger partial charge < -0.3 is 10.2 Å². The van der Waals surface area contributed by atoms with E-state index in [-0.39, 0.29) is 23.9 Å². The quantitative estimate of drug-likeness (QED) is 0.887. The summed E-state index contributed by atoms with van der Waals surface area (Å²) in [4.78, 5) is 14.4. The van der Waals surface area contributed by atoms with E-state index in [0.717, 1.165) is 31.2 Å². The summed E-state index contributed by atoms with van der Waals surface area (Å²) in [6.07, 6.45) is 4.35. The number of rotatable bonds is 3. The molecule has 25 heavy (non-hydrogen) atoms. The summed E-state index contributed by atoms with van der Waals surface area (Å²) in [5.74, 6) is -0.305. The number of benzene rings is 1. The van der Waals surface area contributed by atoms with Gasteiger partial charge in [0.2, 0.25) is 10.0 Å². The molecule has 138 valence electrons. The fourth-order valence-electron chi connectivity index (χ4n) is 3.69. The SMILES string of the molecule is CS(=O)(=O)N1CCCC(NC(=O)N2CCCC2c2cccc(F)c2)C1. The maximum atomic E-state index is 13.5. The van der Waals surface area contributed by atoms with Crippen molar-refractivity contribution in [2.75, 3.05) is 25.9 Å². The van der Waals surface area contributed by atoms with Gasteiger partial charge >= 0.3 is 6.03 Å². The van der Waals surface area contributed by atoms with Gasteiger partial charge in [-0.3, -0.25) is 0 Å². The van der Waals surface area contributed by atoms with Crippen LogP contribution in [0.4, 0.5) is 9.18 Å². The maximum absolute atomic E-state index is 13.5. The van der Waals surface area contributed by atoms with Crippen LogP contribution in [-0.2, 0) is 10.0 Å². The summed E-state index contributed by atoms with van der Waals surface area (Å²) < 4.78 is 38.3. The van der Waals surface area contributed by atoms with Gasteiger partial charge in [0.25, 0.3) is 0 Å². The Morgan fingerprint density at radius 2 is 2.00 bits per heavy atom. The topological polar surface area (TPSA) is 69.7 Å². The van der Waals surface area contributed by atoms with E-state index < -0.39 is 10.0 Å². The number of carbonyl (C=O) groups is 1. The normalized spacial score (nSPS) is 25.1. The molecule has 2 aliphatic heterocycles. The molecule has 0 aliphatic carbocycles. The fourth-order valence-corrected chi connectivity index (χ4v) is 4.60. The molecule has 2 amide bonds. The Kier molecular flexibility index (Phi) is 5.29. The lowest BCUT2D eigenvalue weighted by Crippen LogP contribution is -2.52. The molecule has 2 unspecified atom stereocenters. The van der Waals surface area contributed by atoms with Gasteiger partial charge in [-0.05, 0) is 43.4 Å². The molecular weight excluding hydrogens is 345 g/mol. The molecule has 8 heteroatoms. The zero-order chi connectivity index (χ0) is 18.0. The van der Waals surface area contributed by atoms with Crippen LogP contribution in [0.5, 0.6) is 0 Å². The number of urea groups is 1. The molecule has 1 aromatic carbocycles. The summed E-state index contributed by atoms with van der Waals surface area (Å²) >= 11 is 0. The van der Waals surface area contributed by atoms with Gasteiger partial charge in [-0.15, -0.1) is 0 Å². The summed E-state index contributed by atoms with van der Waals surface area (Å²) in [7, 11) is -3.25. The molecule has 2 aliphatic rings. The molecule has 2 fully saturated rings. The molecular formula is C17H24FN3O3S. The lowest BCUT2D eigenvalue weighted by molar-refractivity contribution is 0.181. The Morgan fingerprint density at radius 3 is 2.72 bits per heavy atom. The van der Waals surface area contributed by atoms with Gasteiger partial charge in [-0.2, -0.15) is 0 Å². The van der Waals surface area contributed by atoms with Crippen molar-refractivity contribution in [1.82, 2.24) is 14.5 Å². The molecule has 2 atom stereocenters. The van der Waals surface area contributed by atoms with Gasteiger partial charge in [0.15, 0.2) is 0 Å². The number of nitrogens with one attached hydrogen (secondary N) is 1. The minimum absolute atomic E-state index is 0.134. The predicted octanol–water partition coefficient (Wildman–Crippen LogP) is 2.10. The van der Waals surface area contributed by atoms with Crippen LogP contribution >= 0.6 is 0 Å². The second-order valence-corrected chi connectivity index (χ2v) is 8.80. The molecule has 0 radical (unpaired) electrons. The van der Waals surface area contributed by atoms with Crippen LogP contribution in [-0.4, -0.2) is 55.6 Å². The third-order valence-electron chi connectivity index (χ3n) is 4.93. The second kappa shape index (κ2) is 7.29. The van der Waals surface area contributed by atoms with Gasteiger partial charge in [-0.1, -0.05) is 12.1 Å². The number of carbonyl (C=O) groups excluding carboxylic acids is 1. The Bertz CT molecular complexity index is 740. The Labute approximate surface area is 148 Å². The van der Waals surface area contributed by atoms with Crippen molar-refractivity contribution >= 4 is 16.1 Å². The summed E-state index contributed by atoms with van der Waals surface area (Å²) in [5.41, 5.74) is 0.800. The maximum Gasteiger partial charge on any atom is 0.318 e. The van der Waals surface area contributed by atoms with Crippen LogP contribution < -0.4 is 5.32 Å². The third-order valence-corrected chi connectivity index (χ3v) is 6.20. The van der Waals surface area contributed by atoms with E-state index in [1.165, 1.54) is 22.7 Å². The third kappa shape index (κ3) is 4.30. The van der Waals surface area contributed by atoms with Crippen LogP contribution in [0.25, 0.3) is 0 Å².